The Morgan fingerprint density at radius 2 is 1.85 bits per heavy atom. The number of piperidine rings is 1. The molecule has 1 aromatic carbocycles. The van der Waals surface area contributed by atoms with E-state index in [0.29, 0.717) is 45.4 Å². The van der Waals surface area contributed by atoms with Crippen molar-refractivity contribution < 1.29 is 31.8 Å². The van der Waals surface area contributed by atoms with Crippen LogP contribution in [-0.4, -0.2) is 60.4 Å². The van der Waals surface area contributed by atoms with Crippen LogP contribution in [-0.2, 0) is 14.6 Å². The molecule has 0 spiro atoms. The van der Waals surface area contributed by atoms with Crippen LogP contribution >= 0.6 is 0 Å². The van der Waals surface area contributed by atoms with Gasteiger partial charge in [-0.3, -0.25) is 0 Å². The number of amides is 1. The molecule has 0 bridgehead atoms. The van der Waals surface area contributed by atoms with E-state index in [1.54, 1.807) is 4.90 Å². The summed E-state index contributed by atoms with van der Waals surface area (Å²) >= 11 is 0. The van der Waals surface area contributed by atoms with E-state index in [-0.39, 0.29) is 34.6 Å². The lowest BCUT2D eigenvalue weighted by atomic mass is 10.1. The average molecular weight is 494 g/mol. The molecule has 4 rings (SSSR count). The summed E-state index contributed by atoms with van der Waals surface area (Å²) in [4.78, 5) is 21.7. The molecule has 1 aliphatic carbocycles. The van der Waals surface area contributed by atoms with Crippen molar-refractivity contribution in [3.63, 3.8) is 0 Å². The molecular formula is C23H28FN3O6S. The molecule has 1 saturated carbocycles. The summed E-state index contributed by atoms with van der Waals surface area (Å²) < 4.78 is 55.8. The van der Waals surface area contributed by atoms with E-state index >= 15 is 0 Å². The van der Waals surface area contributed by atoms with E-state index in [1.807, 2.05) is 6.92 Å². The largest absolute Gasteiger partial charge is 0.474 e. The van der Waals surface area contributed by atoms with Crippen LogP contribution in [0.25, 0.3) is 0 Å². The zero-order valence-electron chi connectivity index (χ0n) is 19.0. The van der Waals surface area contributed by atoms with Crippen molar-refractivity contribution in [3.05, 3.63) is 36.4 Å². The average Bonchev–Trinajstić information content (AvgIpc) is 3.67. The lowest BCUT2D eigenvalue weighted by molar-refractivity contribution is 0.0655. The minimum Gasteiger partial charge on any atom is -0.474 e. The number of nitrogens with zero attached hydrogens (tertiary/aromatic N) is 3. The number of hydrogen-bond donors (Lipinski definition) is 0. The molecule has 184 valence electrons. The Bertz CT molecular complexity index is 1120. The van der Waals surface area contributed by atoms with Gasteiger partial charge in [0.1, 0.15) is 12.4 Å². The third-order valence-electron chi connectivity index (χ3n) is 5.74. The number of sulfone groups is 1. The highest BCUT2D eigenvalue weighted by atomic mass is 32.2. The standard InChI is InChI=1S/C23H28FN3O6S/c1-2-3-12-31-23(28)27-10-8-16(9-11-27)32-21-14-22(26-15-25-21)33-20-7-6-18(13-19(20)24)34(29,30)17-4-5-17/h6-7,13-17H,2-5,8-12H2,1H3. The Labute approximate surface area is 198 Å². The second kappa shape index (κ2) is 10.5. The van der Waals surface area contributed by atoms with E-state index in [1.165, 1.54) is 24.5 Å². The number of rotatable bonds is 9. The van der Waals surface area contributed by atoms with Crippen LogP contribution in [0.4, 0.5) is 9.18 Å². The zero-order chi connectivity index (χ0) is 24.1. The smallest absolute Gasteiger partial charge is 0.409 e. The molecule has 2 aliphatic rings. The van der Waals surface area contributed by atoms with E-state index < -0.39 is 20.9 Å². The lowest BCUT2D eigenvalue weighted by Crippen LogP contribution is -2.42. The highest BCUT2D eigenvalue weighted by Gasteiger charge is 2.37. The number of ether oxygens (including phenoxy) is 3. The van der Waals surface area contributed by atoms with Crippen LogP contribution in [0.1, 0.15) is 45.4 Å². The van der Waals surface area contributed by atoms with Crippen LogP contribution in [0.5, 0.6) is 17.5 Å². The minimum absolute atomic E-state index is 0.0489. The van der Waals surface area contributed by atoms with Crippen molar-refractivity contribution >= 4 is 15.9 Å². The third kappa shape index (κ3) is 5.94. The second-order valence-electron chi connectivity index (χ2n) is 8.41. The van der Waals surface area contributed by atoms with Crippen molar-refractivity contribution in [2.24, 2.45) is 0 Å². The van der Waals surface area contributed by atoms with Gasteiger partial charge in [-0.1, -0.05) is 13.3 Å². The maximum atomic E-state index is 14.5. The Hall–Kier alpha value is -2.95. The molecule has 1 amide bonds. The summed E-state index contributed by atoms with van der Waals surface area (Å²) in [6.07, 6.45) is 5.05. The molecule has 2 heterocycles. The predicted octanol–water partition coefficient (Wildman–Crippen LogP) is 4.12. The molecule has 1 aliphatic heterocycles. The van der Waals surface area contributed by atoms with Crippen molar-refractivity contribution in [1.29, 1.82) is 0 Å². The lowest BCUT2D eigenvalue weighted by Gasteiger charge is -2.31. The second-order valence-corrected chi connectivity index (χ2v) is 10.6. The summed E-state index contributed by atoms with van der Waals surface area (Å²) in [5.74, 6) is -0.601. The Kier molecular flexibility index (Phi) is 7.50. The molecule has 2 fully saturated rings. The van der Waals surface area contributed by atoms with Crippen LogP contribution in [0.15, 0.2) is 35.5 Å². The maximum Gasteiger partial charge on any atom is 0.409 e. The zero-order valence-corrected chi connectivity index (χ0v) is 19.8. The molecule has 2 aromatic rings. The van der Waals surface area contributed by atoms with Gasteiger partial charge >= 0.3 is 6.09 Å². The normalized spacial score (nSPS) is 16.8. The third-order valence-corrected chi connectivity index (χ3v) is 8.00. The van der Waals surface area contributed by atoms with Gasteiger partial charge in [0.25, 0.3) is 0 Å². The van der Waals surface area contributed by atoms with Gasteiger partial charge in [-0.25, -0.2) is 27.6 Å². The van der Waals surface area contributed by atoms with Crippen LogP contribution in [0.2, 0.25) is 0 Å². The molecular weight excluding hydrogens is 465 g/mol. The summed E-state index contributed by atoms with van der Waals surface area (Å²) in [5, 5.41) is -0.418. The SMILES string of the molecule is CCCCOC(=O)N1CCC(Oc2cc(Oc3ccc(S(=O)(=O)C4CC4)cc3F)ncn2)CC1. The maximum absolute atomic E-state index is 14.5. The number of likely N-dealkylation sites (tertiary alicyclic amines) is 1. The summed E-state index contributed by atoms with van der Waals surface area (Å²) in [7, 11) is -3.49. The number of benzene rings is 1. The first-order valence-electron chi connectivity index (χ1n) is 11.5. The Balaban J connectivity index is 1.32. The molecule has 11 heteroatoms. The van der Waals surface area contributed by atoms with Gasteiger partial charge in [0, 0.05) is 25.9 Å². The molecule has 34 heavy (non-hydrogen) atoms. The minimum atomic E-state index is -3.49. The fourth-order valence-corrected chi connectivity index (χ4v) is 5.26. The monoisotopic (exact) mass is 493 g/mol. The number of unbranched alkanes of at least 4 members (excludes halogenated alkanes) is 1. The molecule has 9 nitrogen and oxygen atoms in total. The first-order valence-corrected chi connectivity index (χ1v) is 13.0. The van der Waals surface area contributed by atoms with Crippen molar-refractivity contribution in [1.82, 2.24) is 14.9 Å². The van der Waals surface area contributed by atoms with Gasteiger partial charge in [0.2, 0.25) is 11.8 Å². The van der Waals surface area contributed by atoms with Gasteiger partial charge < -0.3 is 19.1 Å². The number of carbonyl (C=O) groups excluding carboxylic acids is 1. The highest BCUT2D eigenvalue weighted by Crippen LogP contribution is 2.35. The van der Waals surface area contributed by atoms with Crippen LogP contribution in [0.3, 0.4) is 0 Å². The highest BCUT2D eigenvalue weighted by molar-refractivity contribution is 7.92. The van der Waals surface area contributed by atoms with Gasteiger partial charge in [-0.15, -0.1) is 0 Å². The molecule has 0 N–H and O–H groups in total. The summed E-state index contributed by atoms with van der Waals surface area (Å²) in [6, 6.07) is 5.04. The molecule has 0 atom stereocenters. The quantitative estimate of drug-likeness (QED) is 0.480. The van der Waals surface area contributed by atoms with Crippen LogP contribution < -0.4 is 9.47 Å². The first kappa shape index (κ1) is 24.2. The van der Waals surface area contributed by atoms with E-state index in [0.717, 1.165) is 18.9 Å². The van der Waals surface area contributed by atoms with E-state index in [9.17, 15) is 17.6 Å². The number of aromatic nitrogens is 2. The van der Waals surface area contributed by atoms with Gasteiger partial charge in [-0.2, -0.15) is 0 Å². The number of halogens is 1. The number of hydrogen-bond acceptors (Lipinski definition) is 8. The summed E-state index contributed by atoms with van der Waals surface area (Å²) in [6.45, 7) is 3.50. The number of carbonyl (C=O) groups is 1. The molecule has 1 aromatic heterocycles. The fraction of sp³-hybridized carbons (Fsp3) is 0.522. The van der Waals surface area contributed by atoms with Gasteiger partial charge in [-0.05, 0) is 37.5 Å². The molecule has 1 saturated heterocycles. The predicted molar refractivity (Wildman–Crippen MR) is 120 cm³/mol. The van der Waals surface area contributed by atoms with E-state index in [2.05, 4.69) is 9.97 Å². The fourth-order valence-electron chi connectivity index (χ4n) is 3.59. The van der Waals surface area contributed by atoms with Crippen LogP contribution in [0, 0.1) is 5.82 Å². The Morgan fingerprint density at radius 3 is 2.53 bits per heavy atom. The Morgan fingerprint density at radius 1 is 1.12 bits per heavy atom. The first-order chi connectivity index (χ1) is 16.4. The van der Waals surface area contributed by atoms with Crippen molar-refractivity contribution in [3.8, 4) is 17.5 Å². The molecule has 0 radical (unpaired) electrons. The van der Waals surface area contributed by atoms with Crippen molar-refractivity contribution in [2.45, 2.75) is 61.7 Å². The van der Waals surface area contributed by atoms with Crippen molar-refractivity contribution in [2.75, 3.05) is 19.7 Å². The topological polar surface area (TPSA) is 108 Å². The molecule has 0 unspecified atom stereocenters. The van der Waals surface area contributed by atoms with E-state index in [4.69, 9.17) is 14.2 Å². The van der Waals surface area contributed by atoms with Gasteiger partial charge in [0.15, 0.2) is 21.4 Å². The summed E-state index contributed by atoms with van der Waals surface area (Å²) in [5.41, 5.74) is 0. The van der Waals surface area contributed by atoms with Gasteiger partial charge in [0.05, 0.1) is 22.8 Å².